The Kier molecular flexibility index (Phi) is 5.46. The van der Waals surface area contributed by atoms with Crippen LogP contribution in [0.15, 0.2) is 66.7 Å². The molecule has 4 aromatic rings. The highest BCUT2D eigenvalue weighted by Gasteiger charge is 2.15. The number of ether oxygens (including phenoxy) is 2. The van der Waals surface area contributed by atoms with Crippen LogP contribution >= 0.6 is 0 Å². The molecule has 0 saturated heterocycles. The number of para-hydroxylation sites is 2. The lowest BCUT2D eigenvalue weighted by Gasteiger charge is -2.10. The van der Waals surface area contributed by atoms with Crippen LogP contribution in [0.3, 0.4) is 0 Å². The Bertz CT molecular complexity index is 1270. The molecule has 0 spiro atoms. The van der Waals surface area contributed by atoms with Gasteiger partial charge in [-0.15, -0.1) is 0 Å². The van der Waals surface area contributed by atoms with E-state index in [0.29, 0.717) is 31.7 Å². The number of fused-ring (bicyclic) bond motifs is 2. The van der Waals surface area contributed by atoms with E-state index < -0.39 is 0 Å². The molecule has 1 aliphatic rings. The molecule has 162 valence electrons. The van der Waals surface area contributed by atoms with Crippen LogP contribution in [0.25, 0.3) is 11.0 Å². The minimum Gasteiger partial charge on any atom is -0.454 e. The number of aryl methyl sites for hydroxylation is 1. The van der Waals surface area contributed by atoms with Gasteiger partial charge in [-0.05, 0) is 47.5 Å². The van der Waals surface area contributed by atoms with Gasteiger partial charge in [0.2, 0.25) is 12.7 Å². The smallest absolute Gasteiger partial charge is 0.231 e. The number of hydrogen-bond donors (Lipinski definition) is 1. The van der Waals surface area contributed by atoms with Crippen molar-refractivity contribution in [3.05, 3.63) is 89.5 Å². The van der Waals surface area contributed by atoms with Gasteiger partial charge in [0.15, 0.2) is 11.5 Å². The van der Waals surface area contributed by atoms with E-state index in [1.54, 1.807) is 12.1 Å². The molecule has 1 amide bonds. The first kappa shape index (κ1) is 20.1. The van der Waals surface area contributed by atoms with E-state index in [9.17, 15) is 9.18 Å². The molecule has 1 N–H and O–H groups in total. The molecule has 0 aliphatic carbocycles. The minimum atomic E-state index is -0.263. The maximum absolute atomic E-state index is 13.3. The van der Waals surface area contributed by atoms with Gasteiger partial charge in [-0.3, -0.25) is 4.79 Å². The summed E-state index contributed by atoms with van der Waals surface area (Å²) < 4.78 is 26.0. The molecule has 1 aromatic heterocycles. The number of benzene rings is 3. The molecular weight excluding hydrogens is 409 g/mol. The van der Waals surface area contributed by atoms with Gasteiger partial charge in [0, 0.05) is 25.9 Å². The van der Waals surface area contributed by atoms with Crippen molar-refractivity contribution in [3.8, 4) is 11.5 Å². The number of hydrogen-bond acceptors (Lipinski definition) is 4. The van der Waals surface area contributed by atoms with E-state index >= 15 is 0 Å². The molecule has 6 nitrogen and oxygen atoms in total. The summed E-state index contributed by atoms with van der Waals surface area (Å²) in [5, 5.41) is 2.97. The Morgan fingerprint density at radius 1 is 1.00 bits per heavy atom. The van der Waals surface area contributed by atoms with E-state index in [0.717, 1.165) is 33.7 Å². The SMILES string of the molecule is O=C(CCn1c(Cc2ccc(F)cc2)nc2ccccc21)NCc1ccc2c(c1)OCO2. The normalized spacial score (nSPS) is 12.3. The summed E-state index contributed by atoms with van der Waals surface area (Å²) in [5.41, 5.74) is 3.78. The lowest BCUT2D eigenvalue weighted by Crippen LogP contribution is -2.24. The first-order chi connectivity index (χ1) is 15.7. The zero-order valence-corrected chi connectivity index (χ0v) is 17.4. The van der Waals surface area contributed by atoms with Crippen molar-refractivity contribution in [1.82, 2.24) is 14.9 Å². The molecule has 1 aliphatic heterocycles. The third-order valence-corrected chi connectivity index (χ3v) is 5.50. The second-order valence-electron chi connectivity index (χ2n) is 7.69. The lowest BCUT2D eigenvalue weighted by atomic mass is 10.1. The van der Waals surface area contributed by atoms with Gasteiger partial charge in [0.1, 0.15) is 11.6 Å². The summed E-state index contributed by atoms with van der Waals surface area (Å²) >= 11 is 0. The fraction of sp³-hybridized carbons (Fsp3) is 0.200. The Balaban J connectivity index is 1.26. The number of rotatable bonds is 7. The van der Waals surface area contributed by atoms with Crippen molar-refractivity contribution < 1.29 is 18.7 Å². The van der Waals surface area contributed by atoms with Gasteiger partial charge in [-0.2, -0.15) is 0 Å². The number of carbonyl (C=O) groups is 1. The number of nitrogens with zero attached hydrogens (tertiary/aromatic N) is 2. The quantitative estimate of drug-likeness (QED) is 0.476. The molecule has 0 radical (unpaired) electrons. The van der Waals surface area contributed by atoms with Gasteiger partial charge in [0.05, 0.1) is 11.0 Å². The largest absolute Gasteiger partial charge is 0.454 e. The molecule has 0 saturated carbocycles. The Labute approximate surface area is 184 Å². The van der Waals surface area contributed by atoms with E-state index in [-0.39, 0.29) is 18.5 Å². The average molecular weight is 431 g/mol. The molecule has 32 heavy (non-hydrogen) atoms. The maximum Gasteiger partial charge on any atom is 0.231 e. The van der Waals surface area contributed by atoms with E-state index in [4.69, 9.17) is 14.5 Å². The van der Waals surface area contributed by atoms with E-state index in [1.165, 1.54) is 12.1 Å². The molecular formula is C25H22FN3O3. The van der Waals surface area contributed by atoms with Crippen molar-refractivity contribution in [2.75, 3.05) is 6.79 Å². The highest BCUT2D eigenvalue weighted by Crippen LogP contribution is 2.32. The Morgan fingerprint density at radius 3 is 2.66 bits per heavy atom. The maximum atomic E-state index is 13.3. The molecule has 0 bridgehead atoms. The summed E-state index contributed by atoms with van der Waals surface area (Å²) in [5.74, 6) is 1.96. The number of nitrogens with one attached hydrogen (secondary N) is 1. The van der Waals surface area contributed by atoms with E-state index in [2.05, 4.69) is 9.88 Å². The van der Waals surface area contributed by atoms with Gasteiger partial charge in [0.25, 0.3) is 0 Å². The number of amides is 1. The summed E-state index contributed by atoms with van der Waals surface area (Å²) in [6.07, 6.45) is 0.884. The summed E-state index contributed by atoms with van der Waals surface area (Å²) in [6, 6.07) is 19.9. The number of halogens is 1. The van der Waals surface area contributed by atoms with Gasteiger partial charge in [-0.1, -0.05) is 30.3 Å². The Morgan fingerprint density at radius 2 is 1.78 bits per heavy atom. The Hall–Kier alpha value is -3.87. The molecule has 0 fully saturated rings. The predicted octanol–water partition coefficient (Wildman–Crippen LogP) is 4.20. The summed E-state index contributed by atoms with van der Waals surface area (Å²) in [6.45, 7) is 1.15. The lowest BCUT2D eigenvalue weighted by molar-refractivity contribution is -0.121. The van der Waals surface area contributed by atoms with Gasteiger partial charge >= 0.3 is 0 Å². The first-order valence-corrected chi connectivity index (χ1v) is 10.5. The van der Waals surface area contributed by atoms with Crippen molar-refractivity contribution in [2.24, 2.45) is 0 Å². The monoisotopic (exact) mass is 431 g/mol. The zero-order chi connectivity index (χ0) is 21.9. The molecule has 3 aromatic carbocycles. The van der Waals surface area contributed by atoms with Crippen LogP contribution in [0.1, 0.15) is 23.4 Å². The summed E-state index contributed by atoms with van der Waals surface area (Å²) in [4.78, 5) is 17.3. The highest BCUT2D eigenvalue weighted by atomic mass is 19.1. The van der Waals surface area contributed by atoms with Crippen molar-refractivity contribution in [3.63, 3.8) is 0 Å². The van der Waals surface area contributed by atoms with Crippen LogP contribution in [0.2, 0.25) is 0 Å². The fourth-order valence-electron chi connectivity index (χ4n) is 3.85. The van der Waals surface area contributed by atoms with Crippen molar-refractivity contribution in [2.45, 2.75) is 25.9 Å². The standard InChI is InChI=1S/C25H22FN3O3/c26-19-8-5-17(6-9-19)14-24-28-20-3-1-2-4-21(20)29(24)12-11-25(30)27-15-18-7-10-22-23(13-18)32-16-31-22/h1-10,13H,11-12,14-16H2,(H,27,30). The zero-order valence-electron chi connectivity index (χ0n) is 17.4. The number of carbonyl (C=O) groups excluding carboxylic acids is 1. The van der Waals surface area contributed by atoms with Gasteiger partial charge < -0.3 is 19.4 Å². The van der Waals surface area contributed by atoms with Crippen molar-refractivity contribution >= 4 is 16.9 Å². The second-order valence-corrected chi connectivity index (χ2v) is 7.69. The van der Waals surface area contributed by atoms with Crippen LogP contribution in [0.4, 0.5) is 4.39 Å². The fourth-order valence-corrected chi connectivity index (χ4v) is 3.85. The van der Waals surface area contributed by atoms with Crippen LogP contribution in [-0.2, 0) is 24.3 Å². The first-order valence-electron chi connectivity index (χ1n) is 10.5. The number of imidazole rings is 1. The molecule has 0 atom stereocenters. The number of aromatic nitrogens is 2. The van der Waals surface area contributed by atoms with Crippen LogP contribution in [0, 0.1) is 5.82 Å². The summed E-state index contributed by atoms with van der Waals surface area (Å²) in [7, 11) is 0. The highest BCUT2D eigenvalue weighted by molar-refractivity contribution is 5.78. The molecule has 7 heteroatoms. The average Bonchev–Trinajstić information content (AvgIpc) is 3.41. The minimum absolute atomic E-state index is 0.0480. The third-order valence-electron chi connectivity index (χ3n) is 5.50. The van der Waals surface area contributed by atoms with Crippen LogP contribution in [0.5, 0.6) is 11.5 Å². The third kappa shape index (κ3) is 4.27. The van der Waals surface area contributed by atoms with Crippen LogP contribution in [-0.4, -0.2) is 22.3 Å². The molecule has 5 rings (SSSR count). The van der Waals surface area contributed by atoms with Crippen molar-refractivity contribution in [1.29, 1.82) is 0 Å². The van der Waals surface area contributed by atoms with Crippen LogP contribution < -0.4 is 14.8 Å². The topological polar surface area (TPSA) is 65.4 Å². The molecule has 2 heterocycles. The molecule has 0 unspecified atom stereocenters. The van der Waals surface area contributed by atoms with E-state index in [1.807, 2.05) is 42.5 Å². The van der Waals surface area contributed by atoms with Gasteiger partial charge in [-0.25, -0.2) is 9.37 Å². The predicted molar refractivity (Wildman–Crippen MR) is 118 cm³/mol. The second kappa shape index (κ2) is 8.70.